The van der Waals surface area contributed by atoms with E-state index in [0.717, 1.165) is 22.3 Å². The van der Waals surface area contributed by atoms with Crippen LogP contribution in [-0.2, 0) is 0 Å². The third kappa shape index (κ3) is 12.6. The van der Waals surface area contributed by atoms with Crippen molar-refractivity contribution >= 4 is 341 Å². The zero-order chi connectivity index (χ0) is 94.4. The average molecular weight is 1980 g/mol. The van der Waals surface area contributed by atoms with Crippen molar-refractivity contribution in [1.29, 1.82) is 0 Å². The van der Waals surface area contributed by atoms with Crippen molar-refractivity contribution in [2.24, 2.45) is 0 Å². The van der Waals surface area contributed by atoms with Gasteiger partial charge in [-0.25, -0.2) is 8.78 Å². The molecule has 0 saturated heterocycles. The quantitative estimate of drug-likeness (QED) is 0.115. The third-order valence-electron chi connectivity index (χ3n) is 30.2. The van der Waals surface area contributed by atoms with Gasteiger partial charge in [0.2, 0.25) is 0 Å². The summed E-state index contributed by atoms with van der Waals surface area (Å²) in [6.07, 6.45) is 0. The summed E-state index contributed by atoms with van der Waals surface area (Å²) in [6.45, 7) is 0. The molecule has 33 rings (SSSR count). The number of halogens is 2. The van der Waals surface area contributed by atoms with Gasteiger partial charge in [-0.15, -0.1) is 90.7 Å². The van der Waals surface area contributed by atoms with Crippen LogP contribution in [0.4, 0.5) is 8.78 Å². The molecule has 0 nitrogen and oxygen atoms in total. The number of benzene rings is 25. The van der Waals surface area contributed by atoms with E-state index in [1.54, 1.807) is 0 Å². The summed E-state index contributed by atoms with van der Waals surface area (Å²) >= 11 is 15.0. The highest BCUT2D eigenvalue weighted by Gasteiger charge is 2.28. The molecule has 0 amide bonds. The molecule has 0 N–H and O–H groups in total. The number of fused-ring (bicyclic) bond motifs is 28. The Bertz CT molecular complexity index is 10700. The molecule has 25 aromatic carbocycles. The van der Waals surface area contributed by atoms with Crippen LogP contribution in [0.1, 0.15) is 0 Å². The minimum Gasteiger partial charge on any atom is -0.207 e. The van der Waals surface area contributed by atoms with Crippen molar-refractivity contribution in [1.82, 2.24) is 0 Å². The van der Waals surface area contributed by atoms with Crippen LogP contribution < -0.4 is 0 Å². The van der Waals surface area contributed by atoms with Crippen molar-refractivity contribution in [3.8, 4) is 65.4 Å². The van der Waals surface area contributed by atoms with Gasteiger partial charge in [0.15, 0.2) is 0 Å². The highest BCUT2D eigenvalue weighted by Crippen LogP contribution is 2.58. The lowest BCUT2D eigenvalue weighted by atomic mass is 9.88. The normalized spacial score (nSPS) is 12.2. The first-order valence-electron chi connectivity index (χ1n) is 48.5. The molecule has 0 bridgehead atoms. The van der Waals surface area contributed by atoms with Gasteiger partial charge >= 0.3 is 0 Å². The van der Waals surface area contributed by atoms with Gasteiger partial charge < -0.3 is 0 Å². The SMILES string of the molecule is Fc1ccc(-c2ccc3sc4cccc5c4c(c3c2)c2cccc3sc4ccc(-c6ccc(F)cc6)cc4c5c32)cc1.c1ccc2cc(-c3cc4c(sc5cccc6c5c4c4cccc5sc7c8ccccc8c(-c8ccc9ccccc9c8)cc7c6c54)c4ccccc34)ccc2c1.c1csc(-c2cc3c(sc4cccc5c4c3c3cccc4sc6c7ccccc7c(-c7cccs7)cc6c5c43)c3ccccc23)c1. The Kier molecular flexibility index (Phi) is 18.6. The van der Waals surface area contributed by atoms with Gasteiger partial charge in [0, 0.05) is 196 Å². The zero-order valence-electron chi connectivity index (χ0n) is 76.6. The molecule has 33 aromatic rings. The lowest BCUT2D eigenvalue weighted by molar-refractivity contribution is 0.627. The smallest absolute Gasteiger partial charge is 0.123 e. The van der Waals surface area contributed by atoms with E-state index in [-0.39, 0.29) is 11.6 Å². The molecule has 8 heterocycles. The van der Waals surface area contributed by atoms with Gasteiger partial charge in [0.05, 0.1) is 0 Å². The Hall–Kier alpha value is -15.8. The fraction of sp³-hybridized carbons (Fsp3) is 0. The summed E-state index contributed by atoms with van der Waals surface area (Å²) in [4.78, 5) is 2.64. The van der Waals surface area contributed by atoms with Crippen LogP contribution in [0.2, 0.25) is 0 Å². The summed E-state index contributed by atoms with van der Waals surface area (Å²) in [5.74, 6) is -0.460. The highest BCUT2D eigenvalue weighted by molar-refractivity contribution is 7.28. The van der Waals surface area contributed by atoms with E-state index >= 15 is 0 Å². The van der Waals surface area contributed by atoms with Gasteiger partial charge in [-0.2, -0.15) is 0 Å². The number of hydrogen-bond donors (Lipinski definition) is 0. The second-order valence-electron chi connectivity index (χ2n) is 37.8. The second kappa shape index (κ2) is 32.4. The molecule has 0 fully saturated rings. The molecular weight excluding hydrogens is 1900 g/mol. The number of thiophene rings is 2. The van der Waals surface area contributed by atoms with Crippen LogP contribution in [0.25, 0.3) is 316 Å². The fourth-order valence-electron chi connectivity index (χ4n) is 24.0. The molecule has 8 aromatic heterocycles. The lowest BCUT2D eigenvalue weighted by Crippen LogP contribution is -1.91. The molecule has 0 spiro atoms. The molecule has 0 aliphatic rings. The molecule has 670 valence electrons. The molecule has 0 saturated carbocycles. The first-order valence-corrected chi connectivity index (χ1v) is 55.1. The highest BCUT2D eigenvalue weighted by atomic mass is 32.1. The van der Waals surface area contributed by atoms with E-state index in [1.807, 2.05) is 115 Å². The summed E-state index contributed by atoms with van der Waals surface area (Å²) in [6, 6.07) is 154. The van der Waals surface area contributed by atoms with Crippen LogP contribution in [0.5, 0.6) is 0 Å². The van der Waals surface area contributed by atoms with Crippen molar-refractivity contribution < 1.29 is 8.78 Å². The first-order chi connectivity index (χ1) is 71.2. The summed E-state index contributed by atoms with van der Waals surface area (Å²) in [5, 5.41) is 51.7. The maximum atomic E-state index is 13.7. The van der Waals surface area contributed by atoms with Gasteiger partial charge in [0.25, 0.3) is 0 Å². The summed E-state index contributed by atoms with van der Waals surface area (Å²) < 4.78 is 43.1. The van der Waals surface area contributed by atoms with Crippen LogP contribution in [0, 0.1) is 11.6 Å². The van der Waals surface area contributed by atoms with E-state index in [2.05, 4.69) is 387 Å². The molecule has 0 atom stereocenters. The Morgan fingerprint density at radius 1 is 0.139 bits per heavy atom. The molecular formula is C134H72F2S8. The fourth-order valence-corrected chi connectivity index (χ4v) is 32.7. The number of hydrogen-bond acceptors (Lipinski definition) is 8. The second-order valence-corrected chi connectivity index (χ2v) is 46.1. The Morgan fingerprint density at radius 2 is 0.396 bits per heavy atom. The topological polar surface area (TPSA) is 0 Å². The maximum absolute atomic E-state index is 13.7. The van der Waals surface area contributed by atoms with E-state index < -0.39 is 0 Å². The summed E-state index contributed by atoms with van der Waals surface area (Å²) in [7, 11) is 0. The standard InChI is InChI=1S/C54H30S2.C42H22S4.C38H20F2S2/c1-3-13-33-27-35(25-23-31(33)11-1)43-29-45-49-41-19-9-22-48-52(41)50(42-20-10-21-47(51(42)49)55-53(45)39-17-7-5-15-37(39)43)46-30-44(38-16-6-8-18-40(38)54(46)56-48)36-26-24-32-12-2-4-14-34(32)28-36;1-3-11-25-23(9-1)29(33-17-7-19-43-33)21-31-37-27-13-6-16-36-40(27)38(28-14-5-15-35(39(28)37)45-41(25)31)32-22-30(34-18-8-20-44-34)24-10-2-4-12-26(24)42(32)46-36;39-25-13-7-21(8-14-25)23-12-18-32-29(19-23)35-27-3-1-5-33-37(27)36(28-4-2-6-34(42-32)38(28)35)30-20-24(11-17-31(30)41-33)22-9-15-26(40)16-10-22/h1-30H;1-22H;1-20H. The van der Waals surface area contributed by atoms with Crippen LogP contribution in [-0.4, -0.2) is 0 Å². The largest absolute Gasteiger partial charge is 0.207 e. The minimum atomic E-state index is -0.230. The van der Waals surface area contributed by atoms with Crippen molar-refractivity contribution in [3.05, 3.63) is 447 Å². The van der Waals surface area contributed by atoms with Crippen LogP contribution in [0.15, 0.2) is 435 Å². The monoisotopic (exact) mass is 1970 g/mol. The van der Waals surface area contributed by atoms with Crippen molar-refractivity contribution in [2.75, 3.05) is 0 Å². The lowest BCUT2D eigenvalue weighted by Gasteiger charge is -2.20. The minimum absolute atomic E-state index is 0.230. The molecule has 0 aliphatic heterocycles. The molecule has 0 radical (unpaired) electrons. The maximum Gasteiger partial charge on any atom is 0.123 e. The Morgan fingerprint density at radius 3 is 0.708 bits per heavy atom. The van der Waals surface area contributed by atoms with E-state index in [0.29, 0.717) is 0 Å². The van der Waals surface area contributed by atoms with E-state index in [9.17, 15) is 8.78 Å². The van der Waals surface area contributed by atoms with E-state index in [1.165, 1.54) is 318 Å². The molecule has 0 aliphatic carbocycles. The Labute approximate surface area is 854 Å². The average Bonchev–Trinajstić information content (AvgIpc) is 0.772. The van der Waals surface area contributed by atoms with Crippen molar-refractivity contribution in [2.45, 2.75) is 0 Å². The molecule has 144 heavy (non-hydrogen) atoms. The first kappa shape index (κ1) is 82.9. The predicted molar refractivity (Wildman–Crippen MR) is 635 cm³/mol. The third-order valence-corrected chi connectivity index (χ3v) is 39.1. The van der Waals surface area contributed by atoms with Crippen molar-refractivity contribution in [3.63, 3.8) is 0 Å². The van der Waals surface area contributed by atoms with Gasteiger partial charge in [-0.1, -0.05) is 291 Å². The van der Waals surface area contributed by atoms with Gasteiger partial charge in [0.1, 0.15) is 11.6 Å². The molecule has 10 heteroatoms. The predicted octanol–water partition coefficient (Wildman–Crippen LogP) is 43.5. The van der Waals surface area contributed by atoms with Crippen LogP contribution in [0.3, 0.4) is 0 Å². The molecule has 0 unspecified atom stereocenters. The van der Waals surface area contributed by atoms with Crippen LogP contribution >= 0.6 is 90.7 Å². The van der Waals surface area contributed by atoms with Gasteiger partial charge in [-0.05, 0) is 264 Å². The number of rotatable bonds is 6. The van der Waals surface area contributed by atoms with Gasteiger partial charge in [-0.3, -0.25) is 0 Å². The Balaban J connectivity index is 0.0000000997. The summed E-state index contributed by atoms with van der Waals surface area (Å²) in [5.41, 5.74) is 11.9. The zero-order valence-corrected chi connectivity index (χ0v) is 83.1. The van der Waals surface area contributed by atoms with E-state index in [4.69, 9.17) is 0 Å².